The fraction of sp³-hybridized carbons (Fsp3) is 0.240. The topological polar surface area (TPSA) is 75.2 Å². The van der Waals surface area contributed by atoms with Crippen LogP contribution < -0.4 is 5.32 Å². The van der Waals surface area contributed by atoms with E-state index in [0.717, 1.165) is 22.4 Å². The van der Waals surface area contributed by atoms with Crippen molar-refractivity contribution in [2.45, 2.75) is 43.4 Å². The van der Waals surface area contributed by atoms with Crippen LogP contribution in [0.25, 0.3) is 5.65 Å². The van der Waals surface area contributed by atoms with E-state index in [1.54, 1.807) is 0 Å². The van der Waals surface area contributed by atoms with E-state index in [1.165, 1.54) is 11.8 Å². The number of ether oxygens (including phenoxy) is 1. The molecule has 33 heavy (non-hydrogen) atoms. The number of hydrogen-bond donors (Lipinski definition) is 1. The van der Waals surface area contributed by atoms with Gasteiger partial charge >= 0.3 is 0 Å². The van der Waals surface area contributed by atoms with Gasteiger partial charge in [0.15, 0.2) is 10.8 Å². The second kappa shape index (κ2) is 8.71. The first-order valence-corrected chi connectivity index (χ1v) is 12.0. The minimum Gasteiger partial charge on any atom is -0.370 e. The van der Waals surface area contributed by atoms with Crippen molar-refractivity contribution in [2.24, 2.45) is 0 Å². The molecule has 0 aliphatic carbocycles. The van der Waals surface area contributed by atoms with Crippen molar-refractivity contribution in [2.75, 3.05) is 5.32 Å². The molecule has 0 unspecified atom stereocenters. The molecule has 0 bridgehead atoms. The lowest BCUT2D eigenvalue weighted by molar-refractivity contribution is -0.0397. The predicted molar refractivity (Wildman–Crippen MR) is 131 cm³/mol. The van der Waals surface area contributed by atoms with Crippen LogP contribution in [0, 0.1) is 11.3 Å². The highest BCUT2D eigenvalue weighted by molar-refractivity contribution is 7.98. The molecule has 0 saturated carbocycles. The summed E-state index contributed by atoms with van der Waals surface area (Å²) in [4.78, 5) is 0. The molecule has 8 heteroatoms. The largest absolute Gasteiger partial charge is 0.370 e. The molecule has 1 N–H and O–H groups in total. The maximum absolute atomic E-state index is 10.2. The molecule has 2 aromatic carbocycles. The number of hydrogen-bond acceptors (Lipinski definition) is 6. The van der Waals surface area contributed by atoms with E-state index in [2.05, 4.69) is 21.6 Å². The van der Waals surface area contributed by atoms with Gasteiger partial charge < -0.3 is 10.1 Å². The van der Waals surface area contributed by atoms with Crippen LogP contribution in [0.4, 0.5) is 11.5 Å². The molecule has 166 valence electrons. The molecule has 0 saturated heterocycles. The van der Waals surface area contributed by atoms with Crippen LogP contribution in [0.1, 0.15) is 36.1 Å². The van der Waals surface area contributed by atoms with Gasteiger partial charge in [-0.25, -0.2) is 0 Å². The molecule has 1 aliphatic heterocycles. The average Bonchev–Trinajstić information content (AvgIpc) is 3.23. The maximum Gasteiger partial charge on any atom is 0.197 e. The second-order valence-corrected chi connectivity index (χ2v) is 9.88. The van der Waals surface area contributed by atoms with E-state index in [-0.39, 0.29) is 5.60 Å². The Morgan fingerprint density at radius 3 is 2.64 bits per heavy atom. The van der Waals surface area contributed by atoms with Crippen LogP contribution in [0.2, 0.25) is 5.02 Å². The Labute approximate surface area is 201 Å². The van der Waals surface area contributed by atoms with E-state index in [0.29, 0.717) is 46.0 Å². The van der Waals surface area contributed by atoms with Crippen LogP contribution in [-0.4, -0.2) is 20.2 Å². The molecule has 3 heterocycles. The van der Waals surface area contributed by atoms with E-state index < -0.39 is 0 Å². The van der Waals surface area contributed by atoms with Gasteiger partial charge in [0.25, 0.3) is 0 Å². The van der Waals surface area contributed by atoms with Crippen molar-refractivity contribution in [3.8, 4) is 6.07 Å². The van der Waals surface area contributed by atoms with Crippen molar-refractivity contribution in [1.82, 2.24) is 14.6 Å². The van der Waals surface area contributed by atoms with Gasteiger partial charge in [-0.05, 0) is 43.2 Å². The highest BCUT2D eigenvalue weighted by Crippen LogP contribution is 2.38. The third-order valence-corrected chi connectivity index (χ3v) is 7.05. The number of rotatable bonds is 5. The number of nitrogens with zero attached hydrogens (tertiary/aromatic N) is 4. The number of nitriles is 1. The highest BCUT2D eigenvalue weighted by atomic mass is 35.5. The van der Waals surface area contributed by atoms with Crippen molar-refractivity contribution >= 4 is 40.5 Å². The van der Waals surface area contributed by atoms with Crippen LogP contribution >= 0.6 is 23.4 Å². The number of nitrogens with one attached hydrogen (secondary N) is 1. The van der Waals surface area contributed by atoms with Crippen molar-refractivity contribution in [3.05, 3.63) is 81.9 Å². The zero-order valence-electron chi connectivity index (χ0n) is 18.3. The number of benzene rings is 2. The summed E-state index contributed by atoms with van der Waals surface area (Å²) in [6.07, 6.45) is 0.625. The summed E-state index contributed by atoms with van der Waals surface area (Å²) in [5.41, 5.74) is 4.73. The first kappa shape index (κ1) is 21.8. The molecule has 1 aliphatic rings. The summed E-state index contributed by atoms with van der Waals surface area (Å²) in [5.74, 6) is 1.30. The Hall–Kier alpha value is -3.05. The highest BCUT2D eigenvalue weighted by Gasteiger charge is 2.33. The monoisotopic (exact) mass is 475 g/mol. The van der Waals surface area contributed by atoms with Gasteiger partial charge in [0.1, 0.15) is 11.9 Å². The molecule has 4 aromatic rings. The maximum atomic E-state index is 10.2. The molecule has 0 amide bonds. The van der Waals surface area contributed by atoms with Gasteiger partial charge in [-0.1, -0.05) is 59.8 Å². The third kappa shape index (κ3) is 4.18. The van der Waals surface area contributed by atoms with Gasteiger partial charge in [-0.3, -0.25) is 4.40 Å². The minimum atomic E-state index is -0.359. The number of fused-ring (bicyclic) bond motifs is 3. The third-order valence-electron chi connectivity index (χ3n) is 5.70. The number of halogens is 1. The lowest BCUT2D eigenvalue weighted by Gasteiger charge is -2.33. The van der Waals surface area contributed by atoms with E-state index in [4.69, 9.17) is 16.3 Å². The second-order valence-electron chi connectivity index (χ2n) is 8.53. The predicted octanol–water partition coefficient (Wildman–Crippen LogP) is 6.14. The first-order chi connectivity index (χ1) is 16.0. The molecular formula is C25H22ClN5OS. The molecule has 0 fully saturated rings. The Morgan fingerprint density at radius 2 is 1.88 bits per heavy atom. The Bertz CT molecular complexity index is 1380. The van der Waals surface area contributed by atoms with Crippen LogP contribution in [0.15, 0.2) is 59.8 Å². The number of anilines is 2. The lowest BCUT2D eigenvalue weighted by Crippen LogP contribution is -2.33. The van der Waals surface area contributed by atoms with Crippen LogP contribution in [-0.2, 0) is 23.5 Å². The number of aromatic nitrogens is 3. The zero-order chi connectivity index (χ0) is 23.0. The van der Waals surface area contributed by atoms with E-state index in [9.17, 15) is 5.26 Å². The Balaban J connectivity index is 1.67. The molecule has 0 radical (unpaired) electrons. The average molecular weight is 476 g/mol. The summed E-state index contributed by atoms with van der Waals surface area (Å²) >= 11 is 7.90. The number of pyridine rings is 1. The van der Waals surface area contributed by atoms with Crippen molar-refractivity contribution in [3.63, 3.8) is 0 Å². The molecule has 0 spiro atoms. The zero-order valence-corrected chi connectivity index (χ0v) is 19.9. The standard InChI is InChI=1S/C25H22ClN5OS/c1-25(2)12-18-19(13-27)22(28-17-9-4-3-5-10-17)31-23(20(18)14-32-25)29-30-24(31)33-15-16-8-6-7-11-21(16)26/h3-11,28H,12,14-15H2,1-2H3. The molecule has 5 rings (SSSR count). The molecule has 0 atom stereocenters. The molecular weight excluding hydrogens is 454 g/mol. The Kier molecular flexibility index (Phi) is 5.75. The summed E-state index contributed by atoms with van der Waals surface area (Å²) in [5, 5.41) is 24.1. The van der Waals surface area contributed by atoms with Crippen molar-refractivity contribution in [1.29, 1.82) is 5.26 Å². The number of para-hydroxylation sites is 1. The fourth-order valence-electron chi connectivity index (χ4n) is 4.05. The quantitative estimate of drug-likeness (QED) is 0.349. The van der Waals surface area contributed by atoms with Gasteiger partial charge in [0, 0.05) is 28.4 Å². The summed E-state index contributed by atoms with van der Waals surface area (Å²) in [7, 11) is 0. The van der Waals surface area contributed by atoms with Gasteiger partial charge in [-0.2, -0.15) is 5.26 Å². The summed E-state index contributed by atoms with van der Waals surface area (Å²) in [6, 6.07) is 20.0. The molecule has 2 aromatic heterocycles. The van der Waals surface area contributed by atoms with Gasteiger partial charge in [0.05, 0.1) is 17.8 Å². The van der Waals surface area contributed by atoms with Crippen molar-refractivity contribution < 1.29 is 4.74 Å². The lowest BCUT2D eigenvalue weighted by atomic mass is 9.89. The minimum absolute atomic E-state index is 0.359. The summed E-state index contributed by atoms with van der Waals surface area (Å²) < 4.78 is 8.01. The fourth-order valence-corrected chi connectivity index (χ4v) is 5.27. The van der Waals surface area contributed by atoms with Crippen LogP contribution in [0.5, 0.6) is 0 Å². The van der Waals surface area contributed by atoms with E-state index in [1.807, 2.05) is 72.8 Å². The Morgan fingerprint density at radius 1 is 1.12 bits per heavy atom. The van der Waals surface area contributed by atoms with Crippen LogP contribution in [0.3, 0.4) is 0 Å². The first-order valence-electron chi connectivity index (χ1n) is 10.6. The van der Waals surface area contributed by atoms with Gasteiger partial charge in [-0.15, -0.1) is 10.2 Å². The van der Waals surface area contributed by atoms with Gasteiger partial charge in [0.2, 0.25) is 0 Å². The molecule has 6 nitrogen and oxygen atoms in total. The van der Waals surface area contributed by atoms with E-state index >= 15 is 0 Å². The SMILES string of the molecule is CC1(C)Cc2c(C#N)c(Nc3ccccc3)n3c(SCc4ccccc4Cl)nnc3c2CO1. The summed E-state index contributed by atoms with van der Waals surface area (Å²) in [6.45, 7) is 4.47. The number of thioether (sulfide) groups is 1. The normalized spacial score (nSPS) is 14.6. The smallest absolute Gasteiger partial charge is 0.197 e.